The molecule has 6 nitrogen and oxygen atoms in total. The summed E-state index contributed by atoms with van der Waals surface area (Å²) >= 11 is 0. The molecule has 2 aromatic rings. The summed E-state index contributed by atoms with van der Waals surface area (Å²) in [4.78, 5) is 4.16. The summed E-state index contributed by atoms with van der Waals surface area (Å²) < 4.78 is 24.7. The van der Waals surface area contributed by atoms with Crippen LogP contribution in [0.25, 0.3) is 0 Å². The number of aryl methyl sites for hydroxylation is 1. The molecule has 2 rings (SSSR count). The fraction of sp³-hybridized carbons (Fsp3) is 0.333. The minimum absolute atomic E-state index is 0. The van der Waals surface area contributed by atoms with E-state index < -0.39 is 0 Å². The van der Waals surface area contributed by atoms with Crippen LogP contribution >= 0.6 is 24.0 Å². The van der Waals surface area contributed by atoms with Crippen LogP contribution in [-0.4, -0.2) is 33.3 Å². The molecule has 156 valence electrons. The number of methoxy groups -OCH3 is 1. The van der Waals surface area contributed by atoms with Gasteiger partial charge in [-0.05, 0) is 36.8 Å². The van der Waals surface area contributed by atoms with Gasteiger partial charge in [0.15, 0.2) is 5.96 Å². The van der Waals surface area contributed by atoms with Crippen LogP contribution in [0.5, 0.6) is 5.75 Å². The molecule has 29 heavy (non-hydrogen) atoms. The fourth-order valence-electron chi connectivity index (χ4n) is 2.54. The van der Waals surface area contributed by atoms with Gasteiger partial charge in [0.05, 0.1) is 18.2 Å². The van der Waals surface area contributed by atoms with Crippen molar-refractivity contribution in [2.24, 2.45) is 4.99 Å². The van der Waals surface area contributed by atoms with Crippen LogP contribution in [0.2, 0.25) is 0 Å². The van der Waals surface area contributed by atoms with E-state index >= 15 is 0 Å². The van der Waals surface area contributed by atoms with Crippen LogP contribution in [0.4, 0.5) is 4.39 Å². The molecule has 0 radical (unpaired) electrons. The predicted octanol–water partition coefficient (Wildman–Crippen LogP) is 3.51. The van der Waals surface area contributed by atoms with E-state index in [0.29, 0.717) is 36.8 Å². The number of rotatable bonds is 8. The first kappa shape index (κ1) is 24.7. The zero-order chi connectivity index (χ0) is 20.4. The van der Waals surface area contributed by atoms with Crippen LogP contribution in [-0.2, 0) is 17.8 Å². The Morgan fingerprint density at radius 2 is 1.83 bits per heavy atom. The van der Waals surface area contributed by atoms with Gasteiger partial charge in [0.2, 0.25) is 0 Å². The number of nitrogens with one attached hydrogen (secondary N) is 2. The van der Waals surface area contributed by atoms with Gasteiger partial charge >= 0.3 is 0 Å². The Balaban J connectivity index is 0.00000420. The van der Waals surface area contributed by atoms with Crippen molar-refractivity contribution in [1.29, 1.82) is 5.26 Å². The molecular weight excluding hydrogens is 486 g/mol. The number of ether oxygens (including phenoxy) is 2. The molecule has 0 spiro atoms. The first-order valence-electron chi connectivity index (χ1n) is 8.91. The summed E-state index contributed by atoms with van der Waals surface area (Å²) in [6.45, 7) is 3.69. The number of hydrogen-bond donors (Lipinski definition) is 2. The Kier molecular flexibility index (Phi) is 11.0. The first-order chi connectivity index (χ1) is 13.6. The molecule has 2 N–H and O–H groups in total. The van der Waals surface area contributed by atoms with E-state index in [1.54, 1.807) is 14.2 Å². The van der Waals surface area contributed by atoms with Gasteiger partial charge in [-0.1, -0.05) is 12.1 Å². The van der Waals surface area contributed by atoms with Crippen LogP contribution in [0.3, 0.4) is 0 Å². The van der Waals surface area contributed by atoms with Crippen molar-refractivity contribution in [2.45, 2.75) is 20.0 Å². The van der Waals surface area contributed by atoms with Crippen LogP contribution in [0.1, 0.15) is 22.3 Å². The molecule has 0 heterocycles. The second-order valence-electron chi connectivity index (χ2n) is 6.15. The zero-order valence-corrected chi connectivity index (χ0v) is 19.1. The van der Waals surface area contributed by atoms with Crippen molar-refractivity contribution >= 4 is 29.9 Å². The predicted molar refractivity (Wildman–Crippen MR) is 122 cm³/mol. The van der Waals surface area contributed by atoms with Crippen molar-refractivity contribution in [1.82, 2.24) is 10.6 Å². The summed E-state index contributed by atoms with van der Waals surface area (Å²) in [5, 5.41) is 15.2. The highest BCUT2D eigenvalue weighted by molar-refractivity contribution is 14.0. The molecule has 0 saturated carbocycles. The van der Waals surface area contributed by atoms with E-state index in [1.807, 2.05) is 31.2 Å². The molecule has 0 aliphatic rings. The smallest absolute Gasteiger partial charge is 0.191 e. The average Bonchev–Trinajstić information content (AvgIpc) is 2.70. The Labute approximate surface area is 188 Å². The summed E-state index contributed by atoms with van der Waals surface area (Å²) in [6, 6.07) is 12.3. The van der Waals surface area contributed by atoms with Gasteiger partial charge in [0, 0.05) is 38.4 Å². The Bertz CT molecular complexity index is 868. The third kappa shape index (κ3) is 7.87. The number of nitrogens with zero attached hydrogens (tertiary/aromatic N) is 2. The van der Waals surface area contributed by atoms with Crippen molar-refractivity contribution in [2.75, 3.05) is 27.4 Å². The molecular formula is C21H26FIN4O2. The van der Waals surface area contributed by atoms with E-state index in [2.05, 4.69) is 15.6 Å². The zero-order valence-electron chi connectivity index (χ0n) is 16.8. The fourth-order valence-corrected chi connectivity index (χ4v) is 2.54. The molecule has 0 aromatic heterocycles. The highest BCUT2D eigenvalue weighted by Crippen LogP contribution is 2.20. The molecule has 0 unspecified atom stereocenters. The van der Waals surface area contributed by atoms with Crippen LogP contribution in [0.15, 0.2) is 41.4 Å². The van der Waals surface area contributed by atoms with Gasteiger partial charge in [-0.15, -0.1) is 24.0 Å². The highest BCUT2D eigenvalue weighted by Gasteiger charge is 2.08. The van der Waals surface area contributed by atoms with Gasteiger partial charge in [0.1, 0.15) is 18.2 Å². The molecule has 0 atom stereocenters. The second-order valence-corrected chi connectivity index (χ2v) is 6.15. The lowest BCUT2D eigenvalue weighted by molar-refractivity contribution is 0.145. The van der Waals surface area contributed by atoms with E-state index in [9.17, 15) is 4.39 Å². The van der Waals surface area contributed by atoms with Gasteiger partial charge in [-0.3, -0.25) is 4.99 Å². The number of nitriles is 1. The summed E-state index contributed by atoms with van der Waals surface area (Å²) in [6.07, 6.45) is 0. The van der Waals surface area contributed by atoms with E-state index in [4.69, 9.17) is 14.7 Å². The monoisotopic (exact) mass is 512 g/mol. The Morgan fingerprint density at radius 3 is 2.48 bits per heavy atom. The average molecular weight is 512 g/mol. The normalized spacial score (nSPS) is 10.7. The highest BCUT2D eigenvalue weighted by atomic mass is 127. The number of aliphatic imine (C=N–C) groups is 1. The lowest BCUT2D eigenvalue weighted by Gasteiger charge is -2.15. The quantitative estimate of drug-likeness (QED) is 0.245. The van der Waals surface area contributed by atoms with Gasteiger partial charge in [0.25, 0.3) is 0 Å². The Hall–Kier alpha value is -2.38. The number of halogens is 2. The van der Waals surface area contributed by atoms with E-state index in [1.165, 1.54) is 18.2 Å². The lowest BCUT2D eigenvalue weighted by Crippen LogP contribution is -2.36. The van der Waals surface area contributed by atoms with E-state index in [-0.39, 0.29) is 36.3 Å². The van der Waals surface area contributed by atoms with Crippen LogP contribution in [0, 0.1) is 24.1 Å². The van der Waals surface area contributed by atoms with Crippen LogP contribution < -0.4 is 15.4 Å². The maximum atomic E-state index is 13.9. The number of hydrogen-bond acceptors (Lipinski definition) is 4. The summed E-state index contributed by atoms with van der Waals surface area (Å²) in [5.74, 6) is 0.937. The molecule has 0 bridgehead atoms. The van der Waals surface area contributed by atoms with Crippen molar-refractivity contribution in [3.05, 3.63) is 64.5 Å². The molecule has 8 heteroatoms. The van der Waals surface area contributed by atoms with Crippen molar-refractivity contribution in [3.63, 3.8) is 0 Å². The van der Waals surface area contributed by atoms with Crippen molar-refractivity contribution in [3.8, 4) is 11.8 Å². The lowest BCUT2D eigenvalue weighted by atomic mass is 10.1. The molecule has 0 fully saturated rings. The SMILES string of the molecule is CN=C(NCc1cc(C#N)ccc1F)NCc1ccc(C)cc1OCCOC.I. The number of guanidine groups is 1. The molecule has 0 amide bonds. The van der Waals surface area contributed by atoms with Gasteiger partial charge in [-0.25, -0.2) is 4.39 Å². The minimum atomic E-state index is -0.366. The largest absolute Gasteiger partial charge is 0.491 e. The third-order valence-electron chi connectivity index (χ3n) is 4.06. The van der Waals surface area contributed by atoms with Gasteiger partial charge in [-0.2, -0.15) is 5.26 Å². The molecule has 2 aromatic carbocycles. The summed E-state index contributed by atoms with van der Waals surface area (Å²) in [7, 11) is 3.27. The molecule has 0 aliphatic carbocycles. The third-order valence-corrected chi connectivity index (χ3v) is 4.06. The summed E-state index contributed by atoms with van der Waals surface area (Å²) in [5.41, 5.74) is 2.90. The standard InChI is InChI=1S/C21H25FN4O2.HI/c1-15-4-6-17(20(10-15)28-9-8-27-3)13-25-21(24-2)26-14-18-11-16(12-23)5-7-19(18)22;/h4-7,10-11H,8-9,13-14H2,1-3H3,(H2,24,25,26);1H. The second kappa shape index (κ2) is 13.0. The maximum Gasteiger partial charge on any atom is 0.191 e. The first-order valence-corrected chi connectivity index (χ1v) is 8.91. The molecule has 0 saturated heterocycles. The van der Waals surface area contributed by atoms with E-state index in [0.717, 1.165) is 16.9 Å². The topological polar surface area (TPSA) is 78.7 Å². The minimum Gasteiger partial charge on any atom is -0.491 e. The Morgan fingerprint density at radius 1 is 1.10 bits per heavy atom. The maximum absolute atomic E-state index is 13.9. The molecule has 0 aliphatic heterocycles. The van der Waals surface area contributed by atoms with Gasteiger partial charge < -0.3 is 20.1 Å². The number of benzene rings is 2. The van der Waals surface area contributed by atoms with Crippen molar-refractivity contribution < 1.29 is 13.9 Å².